The van der Waals surface area contributed by atoms with Crippen LogP contribution >= 0.6 is 0 Å². The van der Waals surface area contributed by atoms with E-state index in [1.54, 1.807) is 53.6 Å². The SMILES string of the molecule is Cc1cnc(CNS(=O)(=O)Cc2ccc3ccc4ncc(-c5cnn(C)c5)cc4c(=O)c3c2)cn1. The fraction of sp³-hybridized carbons (Fsp3) is 0.160. The third-order valence-corrected chi connectivity index (χ3v) is 6.95. The molecule has 0 atom stereocenters. The lowest BCUT2D eigenvalue weighted by atomic mass is 10.1. The maximum absolute atomic E-state index is 13.5. The fourth-order valence-electron chi connectivity index (χ4n) is 3.83. The average Bonchev–Trinajstić information content (AvgIpc) is 3.23. The molecule has 0 unspecified atom stereocenters. The molecule has 0 radical (unpaired) electrons. The number of aryl methyl sites for hydroxylation is 2. The Balaban J connectivity index is 1.49. The zero-order valence-electron chi connectivity index (χ0n) is 19.1. The van der Waals surface area contributed by atoms with Gasteiger partial charge in [0.25, 0.3) is 0 Å². The van der Waals surface area contributed by atoms with Crippen molar-refractivity contribution in [1.82, 2.24) is 29.5 Å². The molecule has 0 fully saturated rings. The molecular weight excluding hydrogens is 464 g/mol. The standard InChI is InChI=1S/C25H22N6O3S/c1-16-9-27-21(12-26-16)13-30-35(33,34)15-17-3-4-18-5-6-24-23(25(32)22(18)7-17)8-19(10-28-24)20-11-29-31(2)14-20/h3-12,14,30H,13,15H2,1-2H3. The molecule has 1 N–H and O–H groups in total. The summed E-state index contributed by atoms with van der Waals surface area (Å²) in [6.45, 7) is 1.85. The van der Waals surface area contributed by atoms with Gasteiger partial charge in [0.05, 0.1) is 41.6 Å². The topological polar surface area (TPSA) is 120 Å². The monoisotopic (exact) mass is 486 g/mol. The van der Waals surface area contributed by atoms with Gasteiger partial charge < -0.3 is 0 Å². The van der Waals surface area contributed by atoms with Gasteiger partial charge >= 0.3 is 0 Å². The fourth-order valence-corrected chi connectivity index (χ4v) is 4.92. The van der Waals surface area contributed by atoms with E-state index < -0.39 is 10.0 Å². The molecule has 176 valence electrons. The Labute approximate surface area is 201 Å². The normalized spacial score (nSPS) is 11.8. The first-order valence-electron chi connectivity index (χ1n) is 10.9. The number of nitrogens with zero attached hydrogens (tertiary/aromatic N) is 5. The molecule has 0 aliphatic rings. The Morgan fingerprint density at radius 1 is 0.914 bits per heavy atom. The van der Waals surface area contributed by atoms with Crippen molar-refractivity contribution in [1.29, 1.82) is 0 Å². The molecule has 35 heavy (non-hydrogen) atoms. The number of sulfonamides is 1. The summed E-state index contributed by atoms with van der Waals surface area (Å²) in [5.74, 6) is -0.266. The molecule has 5 aromatic rings. The van der Waals surface area contributed by atoms with E-state index in [2.05, 4.69) is 24.8 Å². The van der Waals surface area contributed by atoms with E-state index in [0.29, 0.717) is 32.9 Å². The van der Waals surface area contributed by atoms with Crippen LogP contribution in [0.25, 0.3) is 32.8 Å². The second-order valence-corrected chi connectivity index (χ2v) is 10.2. The van der Waals surface area contributed by atoms with Crippen LogP contribution in [-0.4, -0.2) is 33.2 Å². The summed E-state index contributed by atoms with van der Waals surface area (Å²) < 4.78 is 29.6. The lowest BCUT2D eigenvalue weighted by Crippen LogP contribution is -2.25. The van der Waals surface area contributed by atoms with Crippen molar-refractivity contribution in [3.63, 3.8) is 0 Å². The van der Waals surface area contributed by atoms with E-state index in [9.17, 15) is 13.2 Å². The minimum Gasteiger partial charge on any atom is -0.289 e. The van der Waals surface area contributed by atoms with Gasteiger partial charge in [0.1, 0.15) is 0 Å². The van der Waals surface area contributed by atoms with Crippen LogP contribution in [-0.2, 0) is 29.4 Å². The van der Waals surface area contributed by atoms with E-state index in [1.807, 2.05) is 26.2 Å². The van der Waals surface area contributed by atoms with Gasteiger partial charge in [0.15, 0.2) is 5.43 Å². The zero-order valence-corrected chi connectivity index (χ0v) is 20.0. The number of aromatic nitrogens is 5. The van der Waals surface area contributed by atoms with Gasteiger partial charge in [-0.2, -0.15) is 5.10 Å². The second-order valence-electron chi connectivity index (χ2n) is 8.37. The summed E-state index contributed by atoms with van der Waals surface area (Å²) in [5.41, 5.74) is 3.78. The van der Waals surface area contributed by atoms with Gasteiger partial charge in [-0.15, -0.1) is 0 Å². The van der Waals surface area contributed by atoms with E-state index in [1.165, 1.54) is 6.20 Å². The Morgan fingerprint density at radius 2 is 1.74 bits per heavy atom. The molecule has 9 nitrogen and oxygen atoms in total. The van der Waals surface area contributed by atoms with Crippen molar-refractivity contribution in [2.24, 2.45) is 7.05 Å². The van der Waals surface area contributed by atoms with Gasteiger partial charge in [0.2, 0.25) is 10.0 Å². The van der Waals surface area contributed by atoms with E-state index >= 15 is 0 Å². The van der Waals surface area contributed by atoms with Crippen LogP contribution in [0.3, 0.4) is 0 Å². The summed E-state index contributed by atoms with van der Waals surface area (Å²) in [7, 11) is -1.84. The molecule has 0 aliphatic carbocycles. The van der Waals surface area contributed by atoms with E-state index in [0.717, 1.165) is 16.8 Å². The number of pyridine rings is 1. The summed E-state index contributed by atoms with van der Waals surface area (Å²) >= 11 is 0. The number of hydrogen-bond acceptors (Lipinski definition) is 7. The molecule has 0 saturated heterocycles. The van der Waals surface area contributed by atoms with Crippen LogP contribution in [0.2, 0.25) is 0 Å². The van der Waals surface area contributed by atoms with Gasteiger partial charge in [0, 0.05) is 47.5 Å². The van der Waals surface area contributed by atoms with Crippen LogP contribution in [0.4, 0.5) is 0 Å². The number of nitrogens with one attached hydrogen (secondary N) is 1. The van der Waals surface area contributed by atoms with Crippen LogP contribution < -0.4 is 10.2 Å². The highest BCUT2D eigenvalue weighted by molar-refractivity contribution is 7.88. The third-order valence-electron chi connectivity index (χ3n) is 5.65. The predicted octanol–water partition coefficient (Wildman–Crippen LogP) is 2.87. The maximum atomic E-state index is 13.5. The quantitative estimate of drug-likeness (QED) is 0.392. The van der Waals surface area contributed by atoms with Crippen molar-refractivity contribution in [3.8, 4) is 11.1 Å². The van der Waals surface area contributed by atoms with E-state index in [-0.39, 0.29) is 17.7 Å². The van der Waals surface area contributed by atoms with Gasteiger partial charge in [-0.25, -0.2) is 13.1 Å². The summed E-state index contributed by atoms with van der Waals surface area (Å²) in [6, 6.07) is 10.5. The molecule has 0 saturated carbocycles. The molecule has 2 aromatic carbocycles. The van der Waals surface area contributed by atoms with Crippen LogP contribution in [0.5, 0.6) is 0 Å². The summed E-state index contributed by atoms with van der Waals surface area (Å²) in [4.78, 5) is 26.3. The molecule has 0 aliphatic heterocycles. The molecule has 3 heterocycles. The van der Waals surface area contributed by atoms with Gasteiger partial charge in [-0.3, -0.25) is 24.4 Å². The number of fused-ring (bicyclic) bond motifs is 2. The maximum Gasteiger partial charge on any atom is 0.216 e. The van der Waals surface area contributed by atoms with E-state index in [4.69, 9.17) is 0 Å². The Kier molecular flexibility index (Phi) is 5.83. The van der Waals surface area contributed by atoms with Crippen LogP contribution in [0.1, 0.15) is 17.0 Å². The molecule has 0 spiro atoms. The first-order valence-corrected chi connectivity index (χ1v) is 12.5. The number of rotatable bonds is 6. The Morgan fingerprint density at radius 3 is 2.49 bits per heavy atom. The second kappa shape index (κ2) is 8.97. The van der Waals surface area contributed by atoms with Gasteiger partial charge in [-0.1, -0.05) is 18.2 Å². The highest BCUT2D eigenvalue weighted by Crippen LogP contribution is 2.22. The van der Waals surface area contributed by atoms with Crippen molar-refractivity contribution >= 4 is 31.7 Å². The summed E-state index contributed by atoms with van der Waals surface area (Å²) in [5, 5.41) is 5.78. The predicted molar refractivity (Wildman–Crippen MR) is 134 cm³/mol. The number of hydrogen-bond donors (Lipinski definition) is 1. The number of benzene rings is 1. The average molecular weight is 487 g/mol. The summed E-state index contributed by atoms with van der Waals surface area (Å²) in [6.07, 6.45) is 8.41. The van der Waals surface area contributed by atoms with Crippen LogP contribution in [0.15, 0.2) is 72.2 Å². The smallest absolute Gasteiger partial charge is 0.216 e. The third kappa shape index (κ3) is 4.93. The minimum atomic E-state index is -3.67. The first-order chi connectivity index (χ1) is 16.8. The van der Waals surface area contributed by atoms with Crippen molar-refractivity contribution in [2.75, 3.05) is 0 Å². The van der Waals surface area contributed by atoms with Crippen molar-refractivity contribution < 1.29 is 8.42 Å². The lowest BCUT2D eigenvalue weighted by Gasteiger charge is -2.07. The lowest BCUT2D eigenvalue weighted by molar-refractivity contribution is 0.579. The Hall–Kier alpha value is -4.02. The molecule has 0 amide bonds. The minimum absolute atomic E-state index is 0.0401. The van der Waals surface area contributed by atoms with Gasteiger partial charge in [-0.05, 0) is 36.1 Å². The largest absolute Gasteiger partial charge is 0.289 e. The zero-order chi connectivity index (χ0) is 24.6. The molecule has 5 rings (SSSR count). The highest BCUT2D eigenvalue weighted by Gasteiger charge is 2.14. The molecule has 3 aromatic heterocycles. The van der Waals surface area contributed by atoms with Crippen molar-refractivity contribution in [2.45, 2.75) is 19.2 Å². The van der Waals surface area contributed by atoms with Crippen molar-refractivity contribution in [3.05, 3.63) is 94.6 Å². The highest BCUT2D eigenvalue weighted by atomic mass is 32.2. The Bertz CT molecular complexity index is 1730. The first kappa shape index (κ1) is 22.8. The van der Waals surface area contributed by atoms with Crippen LogP contribution in [0, 0.1) is 6.92 Å². The molecule has 10 heteroatoms. The molecule has 0 bridgehead atoms. The molecular formula is C25H22N6O3S.